The van der Waals surface area contributed by atoms with Gasteiger partial charge >= 0.3 is 67.2 Å². The molecule has 4 nitrogen and oxygen atoms in total. The van der Waals surface area contributed by atoms with Gasteiger partial charge in [-0.1, -0.05) is 12.1 Å². The Bertz CT molecular complexity index is 598. The van der Waals surface area contributed by atoms with Crippen LogP contribution in [0.1, 0.15) is 25.2 Å². The Morgan fingerprint density at radius 2 is 1.19 bits per heavy atom. The quantitative estimate of drug-likeness (QED) is 0.304. The van der Waals surface area contributed by atoms with E-state index in [1.54, 1.807) is 12.4 Å². The van der Waals surface area contributed by atoms with Crippen molar-refractivity contribution >= 4 is 78.6 Å². The molecule has 2 heterocycles. The van der Waals surface area contributed by atoms with Gasteiger partial charge in [-0.05, 0) is 38.1 Å². The van der Waals surface area contributed by atoms with Crippen LogP contribution in [0.4, 0.5) is 0 Å². The molecule has 2 aromatic rings. The summed E-state index contributed by atoms with van der Waals surface area (Å²) in [5.74, 6) is 0. The van der Waals surface area contributed by atoms with E-state index in [0.717, 1.165) is 22.8 Å². The molecule has 0 bridgehead atoms. The van der Waals surface area contributed by atoms with Crippen LogP contribution in [0, 0.1) is 0 Å². The van der Waals surface area contributed by atoms with Gasteiger partial charge in [-0.25, -0.2) is 0 Å². The Hall–Kier alpha value is -0.114. The molecule has 0 aliphatic carbocycles. The maximum atomic E-state index is 4.97. The summed E-state index contributed by atoms with van der Waals surface area (Å²) >= 11 is -0.444. The van der Waals surface area contributed by atoms with Crippen LogP contribution < -0.4 is 0 Å². The summed E-state index contributed by atoms with van der Waals surface area (Å²) in [5.41, 5.74) is 3.71. The molecule has 0 amide bonds. The van der Waals surface area contributed by atoms with Gasteiger partial charge in [-0.15, -0.1) is 0 Å². The van der Waals surface area contributed by atoms with Gasteiger partial charge in [0.15, 0.2) is 0 Å². The second-order valence-electron chi connectivity index (χ2n) is 4.58. The number of rotatable bonds is 5. The molecule has 2 rings (SSSR count). The van der Waals surface area contributed by atoms with E-state index >= 15 is 0 Å². The van der Waals surface area contributed by atoms with Crippen LogP contribution in [-0.4, -0.2) is 61.6 Å². The SMILES string of the molecule is CC(=NCCN=C(C)c1ccccn1)c1ccccn1.[Cl][Ge].[Cl][Ge]([Cl])[Cl]. The second kappa shape index (κ2) is 17.0. The Labute approximate surface area is 184 Å². The molecule has 26 heavy (non-hydrogen) atoms. The first-order chi connectivity index (χ1) is 12.5. The Kier molecular flexibility index (Phi) is 16.9. The van der Waals surface area contributed by atoms with E-state index in [-0.39, 0.29) is 0 Å². The van der Waals surface area contributed by atoms with E-state index in [9.17, 15) is 0 Å². The average molecular weight is 553 g/mol. The van der Waals surface area contributed by atoms with Crippen molar-refractivity contribution in [3.8, 4) is 0 Å². The molecule has 0 atom stereocenters. The number of hydrogen-bond donors (Lipinski definition) is 0. The monoisotopic (exact) mass is 554 g/mol. The molecule has 10 heteroatoms. The van der Waals surface area contributed by atoms with Crippen LogP contribution in [0.25, 0.3) is 0 Å². The second-order valence-corrected chi connectivity index (χ2v) is 14.4. The van der Waals surface area contributed by atoms with Crippen molar-refractivity contribution in [2.45, 2.75) is 13.8 Å². The molecule has 0 aliphatic rings. The van der Waals surface area contributed by atoms with Gasteiger partial charge in [0.25, 0.3) is 0 Å². The van der Waals surface area contributed by atoms with Crippen molar-refractivity contribution in [1.29, 1.82) is 0 Å². The zero-order valence-corrected chi connectivity index (χ0v) is 21.6. The van der Waals surface area contributed by atoms with Gasteiger partial charge in [0, 0.05) is 12.4 Å². The topological polar surface area (TPSA) is 50.5 Å². The van der Waals surface area contributed by atoms with E-state index < -0.39 is 11.6 Å². The maximum absolute atomic E-state index is 4.97. The third-order valence-electron chi connectivity index (χ3n) is 2.87. The standard InChI is InChI=1S/C16H18N4.Cl3Ge.ClGe/c1-13(15-7-3-5-9-19-15)17-11-12-18-14(2)16-8-4-6-10-20-16;1-4(2)3;1-2/h3-10H,11-12H2,1-2H3;;. The average Bonchev–Trinajstić information content (AvgIpc) is 2.67. The summed E-state index contributed by atoms with van der Waals surface area (Å²) in [6, 6.07) is 11.6. The molecule has 4 radical (unpaired) electrons. The fourth-order valence-corrected chi connectivity index (χ4v) is 1.75. The van der Waals surface area contributed by atoms with Gasteiger partial charge < -0.3 is 0 Å². The first kappa shape index (κ1) is 25.9. The van der Waals surface area contributed by atoms with Gasteiger partial charge in [-0.2, -0.15) is 0 Å². The first-order valence-electron chi connectivity index (χ1n) is 7.38. The normalized spacial score (nSPS) is 11.2. The van der Waals surface area contributed by atoms with E-state index in [0.29, 0.717) is 13.1 Å². The molecule has 0 aliphatic heterocycles. The van der Waals surface area contributed by atoms with Crippen molar-refractivity contribution < 1.29 is 0 Å². The summed E-state index contributed by atoms with van der Waals surface area (Å²) in [6.45, 7) is 5.26. The van der Waals surface area contributed by atoms with Crippen molar-refractivity contribution in [3.63, 3.8) is 0 Å². The summed E-state index contributed by atoms with van der Waals surface area (Å²) < 4.78 is 0. The van der Waals surface area contributed by atoms with E-state index in [4.69, 9.17) is 30.0 Å². The number of aliphatic imine (C=N–C) groups is 2. The van der Waals surface area contributed by atoms with Gasteiger partial charge in [-0.3, -0.25) is 20.0 Å². The molecule has 0 N–H and O–H groups in total. The third kappa shape index (κ3) is 13.1. The van der Waals surface area contributed by atoms with Crippen LogP contribution in [0.3, 0.4) is 0 Å². The van der Waals surface area contributed by atoms with Crippen LogP contribution in [-0.2, 0) is 0 Å². The van der Waals surface area contributed by atoms with Crippen LogP contribution in [0.2, 0.25) is 0 Å². The van der Waals surface area contributed by atoms with Crippen LogP contribution in [0.5, 0.6) is 0 Å². The molecule has 0 aromatic carbocycles. The van der Waals surface area contributed by atoms with Crippen LogP contribution in [0.15, 0.2) is 58.8 Å². The number of pyridine rings is 2. The molecule has 0 saturated carbocycles. The van der Waals surface area contributed by atoms with Gasteiger partial charge in [0.2, 0.25) is 0 Å². The molecule has 2 aromatic heterocycles. The summed E-state index contributed by atoms with van der Waals surface area (Å²) in [4.78, 5) is 17.5. The van der Waals surface area contributed by atoms with Crippen molar-refractivity contribution in [3.05, 3.63) is 60.2 Å². The zero-order valence-electron chi connectivity index (χ0n) is 14.3. The zero-order chi connectivity index (χ0) is 19.8. The minimum absolute atomic E-state index is 0.659. The number of hydrogen-bond acceptors (Lipinski definition) is 4. The first-order valence-corrected chi connectivity index (χ1v) is 18.4. The molecular formula is C16H18Cl4Ge2N4. The number of nitrogens with zero attached hydrogens (tertiary/aromatic N) is 4. The minimum atomic E-state index is -1.92. The Balaban J connectivity index is 0.000000920. The van der Waals surface area contributed by atoms with Crippen molar-refractivity contribution in [2.24, 2.45) is 9.98 Å². The van der Waals surface area contributed by atoms with Gasteiger partial charge in [0.1, 0.15) is 0 Å². The van der Waals surface area contributed by atoms with Crippen LogP contribution >= 0.6 is 40.0 Å². The van der Waals surface area contributed by atoms with Crippen molar-refractivity contribution in [2.75, 3.05) is 13.1 Å². The third-order valence-corrected chi connectivity index (χ3v) is 2.87. The van der Waals surface area contributed by atoms with Gasteiger partial charge in [0.05, 0.1) is 35.9 Å². The summed E-state index contributed by atoms with van der Waals surface area (Å²) in [6.07, 6.45) is 3.55. The number of aromatic nitrogens is 2. The fraction of sp³-hybridized carbons (Fsp3) is 0.250. The molecule has 0 saturated heterocycles. The molecule has 0 unspecified atom stereocenters. The van der Waals surface area contributed by atoms with Crippen molar-refractivity contribution in [1.82, 2.24) is 9.97 Å². The Morgan fingerprint density at radius 3 is 1.46 bits per heavy atom. The molecule has 138 valence electrons. The number of halogens is 4. The van der Waals surface area contributed by atoms with E-state index in [2.05, 4.69) is 30.0 Å². The van der Waals surface area contributed by atoms with E-state index in [1.165, 1.54) is 15.6 Å². The summed E-state index contributed by atoms with van der Waals surface area (Å²) in [7, 11) is 19.6. The summed E-state index contributed by atoms with van der Waals surface area (Å²) in [5, 5.41) is 0. The van der Waals surface area contributed by atoms with E-state index in [1.807, 2.05) is 50.2 Å². The predicted molar refractivity (Wildman–Crippen MR) is 118 cm³/mol. The Morgan fingerprint density at radius 1 is 0.846 bits per heavy atom. The fourth-order valence-electron chi connectivity index (χ4n) is 1.75. The molecule has 0 fully saturated rings. The molecular weight excluding hydrogens is 535 g/mol. The molecule has 0 spiro atoms. The predicted octanol–water partition coefficient (Wildman–Crippen LogP) is 4.79.